The van der Waals surface area contributed by atoms with E-state index in [0.29, 0.717) is 16.8 Å². The molecule has 3 aromatic heterocycles. The summed E-state index contributed by atoms with van der Waals surface area (Å²) >= 11 is 6.61. The van der Waals surface area contributed by atoms with E-state index >= 15 is 8.78 Å². The van der Waals surface area contributed by atoms with Gasteiger partial charge in [-0.05, 0) is 74.4 Å². The lowest BCUT2D eigenvalue weighted by Gasteiger charge is -2.18. The van der Waals surface area contributed by atoms with Crippen LogP contribution in [-0.2, 0) is 11.8 Å². The molecule has 206 valence electrons. The molecule has 0 unspecified atom stereocenters. The zero-order valence-corrected chi connectivity index (χ0v) is 23.3. The minimum Gasteiger partial charge on any atom is -0.323 e. The van der Waals surface area contributed by atoms with Crippen molar-refractivity contribution >= 4 is 23.2 Å². The van der Waals surface area contributed by atoms with Crippen LogP contribution in [0.15, 0.2) is 47.5 Å². The van der Waals surface area contributed by atoms with E-state index in [1.54, 1.807) is 18.5 Å². The number of nitrogens with one attached hydrogen (secondary N) is 1. The molecule has 0 bridgehead atoms. The second-order valence-corrected chi connectivity index (χ2v) is 11.6. The number of hydrogen-bond donors (Lipinski definition) is 1. The molecule has 3 heterocycles. The highest BCUT2D eigenvalue weighted by Gasteiger charge is 2.45. The van der Waals surface area contributed by atoms with Crippen LogP contribution in [-0.4, -0.2) is 25.2 Å². The predicted octanol–water partition coefficient (Wildman–Crippen LogP) is 6.19. The van der Waals surface area contributed by atoms with E-state index in [1.807, 2.05) is 32.3 Å². The standard InChI is InChI=1S/C30H28ClF2N5O2/c1-15-14-34-26(17-6-5-7-22(24(17)32)35-29(40)30(3)9-10-30)25(33)27(15)38-16(2)12-20(23(31)28(38)39)18-13-19(18)21-8-11-37(4)36-21/h5-8,11-12,14,18-19H,9-10,13H2,1-4H3,(H,35,40)/t18-,19-/m0/s1. The molecule has 2 aliphatic carbocycles. The molecule has 0 spiro atoms. The van der Waals surface area contributed by atoms with Crippen LogP contribution in [0.5, 0.6) is 0 Å². The van der Waals surface area contributed by atoms with E-state index in [4.69, 9.17) is 11.6 Å². The van der Waals surface area contributed by atoms with Gasteiger partial charge in [-0.3, -0.25) is 23.8 Å². The summed E-state index contributed by atoms with van der Waals surface area (Å²) in [6.45, 7) is 5.16. The average Bonchev–Trinajstić information content (AvgIpc) is 3.83. The maximum atomic E-state index is 16.2. The fraction of sp³-hybridized carbons (Fsp3) is 0.333. The zero-order chi connectivity index (χ0) is 28.5. The Bertz CT molecular complexity index is 1760. The van der Waals surface area contributed by atoms with Crippen molar-refractivity contribution in [3.63, 3.8) is 0 Å². The highest BCUT2D eigenvalue weighted by molar-refractivity contribution is 6.31. The Labute approximate surface area is 234 Å². The van der Waals surface area contributed by atoms with Crippen LogP contribution in [0, 0.1) is 30.9 Å². The van der Waals surface area contributed by atoms with Crippen molar-refractivity contribution in [3.8, 4) is 16.9 Å². The number of pyridine rings is 2. The van der Waals surface area contributed by atoms with Gasteiger partial charge in [0.25, 0.3) is 5.56 Å². The second-order valence-electron chi connectivity index (χ2n) is 11.2. The summed E-state index contributed by atoms with van der Waals surface area (Å²) in [4.78, 5) is 30.3. The van der Waals surface area contributed by atoms with Gasteiger partial charge in [0.1, 0.15) is 10.7 Å². The molecule has 1 N–H and O–H groups in total. The minimum atomic E-state index is -0.858. The van der Waals surface area contributed by atoms with Gasteiger partial charge in [0, 0.05) is 42.0 Å². The van der Waals surface area contributed by atoms with E-state index < -0.39 is 22.6 Å². The topological polar surface area (TPSA) is 81.8 Å². The number of halogens is 3. The lowest BCUT2D eigenvalue weighted by molar-refractivity contribution is -0.120. The average molecular weight is 564 g/mol. The fourth-order valence-electron chi connectivity index (χ4n) is 5.30. The number of anilines is 1. The van der Waals surface area contributed by atoms with Gasteiger partial charge in [0.05, 0.1) is 17.1 Å². The molecule has 1 amide bonds. The molecule has 2 fully saturated rings. The van der Waals surface area contributed by atoms with Gasteiger partial charge in [-0.15, -0.1) is 0 Å². The van der Waals surface area contributed by atoms with Crippen molar-refractivity contribution in [1.82, 2.24) is 19.3 Å². The van der Waals surface area contributed by atoms with Crippen molar-refractivity contribution in [3.05, 3.63) is 92.3 Å². The van der Waals surface area contributed by atoms with Crippen LogP contribution in [0.4, 0.5) is 14.5 Å². The highest BCUT2D eigenvalue weighted by Crippen LogP contribution is 2.55. The number of nitrogens with zero attached hydrogens (tertiary/aromatic N) is 4. The van der Waals surface area contributed by atoms with Crippen molar-refractivity contribution in [2.75, 3.05) is 5.32 Å². The second kappa shape index (κ2) is 9.37. The number of hydrogen-bond acceptors (Lipinski definition) is 4. The number of aryl methyl sites for hydroxylation is 3. The number of benzene rings is 1. The molecule has 7 nitrogen and oxygen atoms in total. The molecule has 40 heavy (non-hydrogen) atoms. The van der Waals surface area contributed by atoms with Crippen molar-refractivity contribution in [2.45, 2.75) is 51.9 Å². The first-order chi connectivity index (χ1) is 19.0. The first-order valence-corrected chi connectivity index (χ1v) is 13.6. The van der Waals surface area contributed by atoms with Gasteiger partial charge in [0.2, 0.25) is 5.91 Å². The fourth-order valence-corrected chi connectivity index (χ4v) is 5.58. The molecule has 2 saturated carbocycles. The molecule has 4 aromatic rings. The SMILES string of the molecule is Cc1cnc(-c2cccc(NC(=O)C3(C)CC3)c2F)c(F)c1-n1c(C)cc([C@H]2C[C@@H]2c2ccn(C)n2)c(Cl)c1=O. The molecule has 10 heteroatoms. The molecule has 0 aliphatic heterocycles. The van der Waals surface area contributed by atoms with Crippen LogP contribution < -0.4 is 10.9 Å². The van der Waals surface area contributed by atoms with Crippen LogP contribution in [0.1, 0.15) is 60.5 Å². The summed E-state index contributed by atoms with van der Waals surface area (Å²) in [5.41, 5.74) is 0.989. The molecule has 0 saturated heterocycles. The Morgan fingerprint density at radius 1 is 1.15 bits per heavy atom. The summed E-state index contributed by atoms with van der Waals surface area (Å²) in [6, 6.07) is 8.12. The van der Waals surface area contributed by atoms with E-state index in [2.05, 4.69) is 15.4 Å². The third kappa shape index (κ3) is 4.33. The zero-order valence-electron chi connectivity index (χ0n) is 22.6. The number of aromatic nitrogens is 4. The summed E-state index contributed by atoms with van der Waals surface area (Å²) in [6.07, 6.45) is 5.56. The summed E-state index contributed by atoms with van der Waals surface area (Å²) in [7, 11) is 1.85. The molecular weight excluding hydrogens is 536 g/mol. The third-order valence-electron chi connectivity index (χ3n) is 8.12. The van der Waals surface area contributed by atoms with E-state index in [-0.39, 0.29) is 45.4 Å². The van der Waals surface area contributed by atoms with Crippen LogP contribution in [0.25, 0.3) is 16.9 Å². The molecule has 0 radical (unpaired) electrons. The molecule has 6 rings (SSSR count). The van der Waals surface area contributed by atoms with Crippen LogP contribution in [0.2, 0.25) is 5.02 Å². The van der Waals surface area contributed by atoms with Crippen LogP contribution >= 0.6 is 11.6 Å². The first kappa shape index (κ1) is 26.4. The third-order valence-corrected chi connectivity index (χ3v) is 8.50. The van der Waals surface area contributed by atoms with Gasteiger partial charge < -0.3 is 5.32 Å². The van der Waals surface area contributed by atoms with Gasteiger partial charge in [-0.1, -0.05) is 24.6 Å². The maximum absolute atomic E-state index is 16.2. The molecule has 2 atom stereocenters. The van der Waals surface area contributed by atoms with E-state index in [9.17, 15) is 9.59 Å². The molecular formula is C30H28ClF2N5O2. The van der Waals surface area contributed by atoms with Crippen LogP contribution in [0.3, 0.4) is 0 Å². The normalized spacial score (nSPS) is 19.0. The Morgan fingerprint density at radius 2 is 1.90 bits per heavy atom. The summed E-state index contributed by atoms with van der Waals surface area (Å²) in [5.74, 6) is -1.72. The lowest BCUT2D eigenvalue weighted by atomic mass is 10.0. The van der Waals surface area contributed by atoms with Crippen molar-refractivity contribution in [2.24, 2.45) is 12.5 Å². The molecule has 1 aromatic carbocycles. The van der Waals surface area contributed by atoms with Crippen molar-refractivity contribution in [1.29, 1.82) is 0 Å². The minimum absolute atomic E-state index is 0.0238. The Hall–Kier alpha value is -3.85. The van der Waals surface area contributed by atoms with E-state index in [1.165, 1.54) is 29.0 Å². The molecule has 2 aliphatic rings. The van der Waals surface area contributed by atoms with Gasteiger partial charge in [-0.2, -0.15) is 5.10 Å². The quantitative estimate of drug-likeness (QED) is 0.303. The van der Waals surface area contributed by atoms with E-state index in [0.717, 1.165) is 25.0 Å². The largest absolute Gasteiger partial charge is 0.323 e. The first-order valence-electron chi connectivity index (χ1n) is 13.2. The summed E-state index contributed by atoms with van der Waals surface area (Å²) in [5, 5.41) is 7.12. The smallest absolute Gasteiger partial charge is 0.274 e. The lowest BCUT2D eigenvalue weighted by Crippen LogP contribution is -2.24. The number of carbonyl (C=O) groups excluding carboxylic acids is 1. The number of amides is 1. The maximum Gasteiger partial charge on any atom is 0.274 e. The van der Waals surface area contributed by atoms with Gasteiger partial charge in [0.15, 0.2) is 11.6 Å². The predicted molar refractivity (Wildman–Crippen MR) is 149 cm³/mol. The Morgan fingerprint density at radius 3 is 2.58 bits per heavy atom. The Balaban J connectivity index is 1.39. The number of rotatable bonds is 6. The van der Waals surface area contributed by atoms with Gasteiger partial charge in [-0.25, -0.2) is 8.78 Å². The Kier molecular flexibility index (Phi) is 6.18. The highest BCUT2D eigenvalue weighted by atomic mass is 35.5. The van der Waals surface area contributed by atoms with Crippen molar-refractivity contribution < 1.29 is 13.6 Å². The monoisotopic (exact) mass is 563 g/mol. The van der Waals surface area contributed by atoms with Gasteiger partial charge >= 0.3 is 0 Å². The summed E-state index contributed by atoms with van der Waals surface area (Å²) < 4.78 is 34.7. The number of carbonyl (C=O) groups is 1.